The lowest BCUT2D eigenvalue weighted by molar-refractivity contribution is -0.134. The van der Waals surface area contributed by atoms with Crippen LogP contribution >= 0.6 is 0 Å². The smallest absolute Gasteiger partial charge is 0.241 e. The van der Waals surface area contributed by atoms with Crippen molar-refractivity contribution in [1.29, 1.82) is 5.26 Å². The van der Waals surface area contributed by atoms with Gasteiger partial charge in [0, 0.05) is 12.6 Å². The van der Waals surface area contributed by atoms with Gasteiger partial charge in [-0.2, -0.15) is 5.26 Å². The van der Waals surface area contributed by atoms with E-state index in [4.69, 9.17) is 5.26 Å². The average Bonchev–Trinajstić information content (AvgIpc) is 3.01. The van der Waals surface area contributed by atoms with Crippen LogP contribution in [0.15, 0.2) is 0 Å². The van der Waals surface area contributed by atoms with Crippen LogP contribution in [0.5, 0.6) is 0 Å². The Bertz CT molecular complexity index is 376. The summed E-state index contributed by atoms with van der Waals surface area (Å²) >= 11 is 0. The Kier molecular flexibility index (Phi) is 2.57. The second-order valence-corrected chi connectivity index (χ2v) is 5.37. The molecule has 1 saturated carbocycles. The number of amides is 1. The maximum Gasteiger partial charge on any atom is 0.241 e. The van der Waals surface area contributed by atoms with Gasteiger partial charge in [-0.3, -0.25) is 4.79 Å². The number of hydrogen-bond donors (Lipinski definition) is 2. The first-order valence-corrected chi connectivity index (χ1v) is 6.35. The van der Waals surface area contributed by atoms with Gasteiger partial charge in [-0.25, -0.2) is 0 Å². The molecule has 0 spiro atoms. The fourth-order valence-corrected chi connectivity index (χ4v) is 3.49. The second-order valence-electron chi connectivity index (χ2n) is 5.37. The minimum absolute atomic E-state index is 0.0634. The number of carbonyl (C=O) groups excluding carboxylic acids is 1. The monoisotopic (exact) mass is 235 g/mol. The van der Waals surface area contributed by atoms with Gasteiger partial charge in [0.25, 0.3) is 0 Å². The molecule has 3 fully saturated rings. The number of aliphatic hydroxyl groups is 1. The highest BCUT2D eigenvalue weighted by atomic mass is 16.3. The highest BCUT2D eigenvalue weighted by molar-refractivity contribution is 5.83. The van der Waals surface area contributed by atoms with Gasteiger partial charge in [0.1, 0.15) is 6.04 Å². The summed E-state index contributed by atoms with van der Waals surface area (Å²) in [4.78, 5) is 14.1. The first-order chi connectivity index (χ1) is 8.20. The van der Waals surface area contributed by atoms with Gasteiger partial charge in [0.2, 0.25) is 5.91 Å². The first-order valence-electron chi connectivity index (χ1n) is 6.35. The third kappa shape index (κ3) is 1.63. The number of likely N-dealkylation sites (tertiary alicyclic amines) is 1. The third-order valence-electron chi connectivity index (χ3n) is 4.38. The highest BCUT2D eigenvalue weighted by Gasteiger charge is 2.49. The first kappa shape index (κ1) is 11.0. The number of rotatable bonds is 1. The Labute approximate surface area is 100 Å². The molecule has 92 valence electrons. The van der Waals surface area contributed by atoms with E-state index in [0.717, 1.165) is 25.7 Å². The van der Waals surface area contributed by atoms with Crippen molar-refractivity contribution in [2.75, 3.05) is 6.54 Å². The molecule has 5 atom stereocenters. The quantitative estimate of drug-likeness (QED) is 0.649. The molecule has 0 unspecified atom stereocenters. The molecule has 3 rings (SSSR count). The number of nitrogens with zero attached hydrogens (tertiary/aromatic N) is 2. The molecule has 2 N–H and O–H groups in total. The molecule has 2 bridgehead atoms. The van der Waals surface area contributed by atoms with Crippen LogP contribution in [-0.2, 0) is 4.79 Å². The van der Waals surface area contributed by atoms with Crippen molar-refractivity contribution in [2.45, 2.75) is 49.9 Å². The van der Waals surface area contributed by atoms with Crippen molar-refractivity contribution in [2.24, 2.45) is 5.92 Å². The van der Waals surface area contributed by atoms with E-state index < -0.39 is 0 Å². The number of carbonyl (C=O) groups is 1. The number of nitriles is 1. The van der Waals surface area contributed by atoms with Crippen LogP contribution < -0.4 is 5.32 Å². The van der Waals surface area contributed by atoms with Crippen LogP contribution in [0.1, 0.15) is 25.7 Å². The summed E-state index contributed by atoms with van der Waals surface area (Å²) in [6.07, 6.45) is 3.04. The van der Waals surface area contributed by atoms with E-state index >= 15 is 0 Å². The van der Waals surface area contributed by atoms with Gasteiger partial charge in [0.15, 0.2) is 0 Å². The van der Waals surface area contributed by atoms with Crippen LogP contribution in [0, 0.1) is 17.2 Å². The molecule has 0 radical (unpaired) electrons. The van der Waals surface area contributed by atoms with E-state index in [1.54, 1.807) is 4.90 Å². The Morgan fingerprint density at radius 1 is 1.47 bits per heavy atom. The molecule has 2 heterocycles. The summed E-state index contributed by atoms with van der Waals surface area (Å²) in [5.74, 6) is 0.316. The summed E-state index contributed by atoms with van der Waals surface area (Å²) < 4.78 is 0. The van der Waals surface area contributed by atoms with Gasteiger partial charge < -0.3 is 15.3 Å². The van der Waals surface area contributed by atoms with Crippen LogP contribution in [0.3, 0.4) is 0 Å². The van der Waals surface area contributed by atoms with Crippen LogP contribution in [0.2, 0.25) is 0 Å². The molecule has 17 heavy (non-hydrogen) atoms. The molecule has 2 aliphatic heterocycles. The third-order valence-corrected chi connectivity index (χ3v) is 4.38. The Balaban J connectivity index is 1.70. The number of nitrogens with one attached hydrogen (secondary N) is 1. The fourth-order valence-electron chi connectivity index (χ4n) is 3.49. The lowest BCUT2D eigenvalue weighted by atomic mass is 9.97. The summed E-state index contributed by atoms with van der Waals surface area (Å²) in [7, 11) is 0. The van der Waals surface area contributed by atoms with Crippen molar-refractivity contribution in [3.63, 3.8) is 0 Å². The van der Waals surface area contributed by atoms with Crippen molar-refractivity contribution in [3.05, 3.63) is 0 Å². The average molecular weight is 235 g/mol. The SMILES string of the molecule is N#C[C@@H]1CCCN1C(=O)[C@@H]1N[C@@H]2C[C@H]1C[C@H]2O. The van der Waals surface area contributed by atoms with Gasteiger partial charge >= 0.3 is 0 Å². The predicted molar refractivity (Wildman–Crippen MR) is 59.8 cm³/mol. The summed E-state index contributed by atoms with van der Waals surface area (Å²) in [6, 6.07) is 1.87. The van der Waals surface area contributed by atoms with E-state index in [1.807, 2.05) is 0 Å². The molecule has 5 heteroatoms. The number of aliphatic hydroxyl groups excluding tert-OH is 1. The minimum atomic E-state index is -0.297. The molecule has 0 aromatic carbocycles. The van der Waals surface area contributed by atoms with E-state index in [1.165, 1.54) is 0 Å². The van der Waals surface area contributed by atoms with E-state index in [0.29, 0.717) is 6.54 Å². The molecule has 1 amide bonds. The molecule has 2 saturated heterocycles. The van der Waals surface area contributed by atoms with Crippen LogP contribution in [-0.4, -0.2) is 46.7 Å². The van der Waals surface area contributed by atoms with Gasteiger partial charge in [-0.15, -0.1) is 0 Å². The normalized spacial score (nSPS) is 44.0. The maximum absolute atomic E-state index is 12.3. The van der Waals surface area contributed by atoms with Crippen molar-refractivity contribution < 1.29 is 9.90 Å². The maximum atomic E-state index is 12.3. The van der Waals surface area contributed by atoms with Crippen LogP contribution in [0.25, 0.3) is 0 Å². The Hall–Kier alpha value is -1.12. The fraction of sp³-hybridized carbons (Fsp3) is 0.833. The molecule has 0 aromatic heterocycles. The van der Waals surface area contributed by atoms with E-state index in [2.05, 4.69) is 11.4 Å². The predicted octanol–water partition coefficient (Wildman–Crippen LogP) is -0.388. The number of piperidine rings is 1. The van der Waals surface area contributed by atoms with E-state index in [-0.39, 0.29) is 36.1 Å². The van der Waals surface area contributed by atoms with Crippen molar-refractivity contribution in [1.82, 2.24) is 10.2 Å². The standard InChI is InChI=1S/C12H17N3O2/c13-6-8-2-1-3-15(8)12(17)11-7-4-9(14-11)10(16)5-7/h7-11,14,16H,1-5H2/t7-,8-,9+,10+,11+/m0/s1. The molecular weight excluding hydrogens is 218 g/mol. The number of hydrogen-bond acceptors (Lipinski definition) is 4. The van der Waals surface area contributed by atoms with Gasteiger partial charge in [-0.05, 0) is 31.6 Å². The lowest BCUT2D eigenvalue weighted by Crippen LogP contribution is -2.53. The largest absolute Gasteiger partial charge is 0.391 e. The van der Waals surface area contributed by atoms with Gasteiger partial charge in [-0.1, -0.05) is 0 Å². The number of fused-ring (bicyclic) bond motifs is 2. The summed E-state index contributed by atoms with van der Waals surface area (Å²) in [6.45, 7) is 0.704. The molecule has 3 aliphatic rings. The topological polar surface area (TPSA) is 76.4 Å². The lowest BCUT2D eigenvalue weighted by Gasteiger charge is -2.30. The molecular formula is C12H17N3O2. The Morgan fingerprint density at radius 2 is 2.29 bits per heavy atom. The molecule has 1 aliphatic carbocycles. The zero-order valence-corrected chi connectivity index (χ0v) is 9.67. The zero-order valence-electron chi connectivity index (χ0n) is 9.67. The molecule has 0 aromatic rings. The second kappa shape index (κ2) is 3.97. The highest BCUT2D eigenvalue weighted by Crippen LogP contribution is 2.37. The minimum Gasteiger partial charge on any atom is -0.391 e. The van der Waals surface area contributed by atoms with Crippen molar-refractivity contribution in [3.8, 4) is 6.07 Å². The van der Waals surface area contributed by atoms with Crippen molar-refractivity contribution >= 4 is 5.91 Å². The zero-order chi connectivity index (χ0) is 12.0. The Morgan fingerprint density at radius 3 is 2.88 bits per heavy atom. The molecule has 5 nitrogen and oxygen atoms in total. The van der Waals surface area contributed by atoms with Gasteiger partial charge in [0.05, 0.1) is 18.2 Å². The van der Waals surface area contributed by atoms with E-state index in [9.17, 15) is 9.90 Å². The summed E-state index contributed by atoms with van der Waals surface area (Å²) in [5, 5.41) is 21.9. The summed E-state index contributed by atoms with van der Waals surface area (Å²) in [5.41, 5.74) is 0. The van der Waals surface area contributed by atoms with Crippen LogP contribution in [0.4, 0.5) is 0 Å².